The molecule has 10 nitrogen and oxygen atoms in total. The van der Waals surface area contributed by atoms with Crippen LogP contribution in [0.4, 0.5) is 0 Å². The second kappa shape index (κ2) is 6.12. The molecule has 2 aromatic heterocycles. The molecule has 22 heavy (non-hydrogen) atoms. The molecule has 0 aromatic carbocycles. The van der Waals surface area contributed by atoms with Crippen LogP contribution in [-0.4, -0.2) is 58.9 Å². The lowest BCUT2D eigenvalue weighted by molar-refractivity contribution is 0.0724. The molecule has 1 aliphatic rings. The fraction of sp³-hybridized carbons (Fsp3) is 0.545. The standard InChI is InChI=1S/C11H16N6O4S/c1-16-8-9(6-12-16)11-14-10(21-15-11)7-13-22(18,19)17-2-4-20-5-3-17/h6,8,13H,2-5,7H2,1H3. The van der Waals surface area contributed by atoms with E-state index >= 15 is 0 Å². The quantitative estimate of drug-likeness (QED) is 0.759. The van der Waals surface area contributed by atoms with Crippen molar-refractivity contribution in [2.75, 3.05) is 26.3 Å². The largest absolute Gasteiger partial charge is 0.379 e. The Hall–Kier alpha value is -1.82. The minimum atomic E-state index is -3.57. The van der Waals surface area contributed by atoms with Crippen molar-refractivity contribution in [2.45, 2.75) is 6.54 Å². The molecule has 3 heterocycles. The van der Waals surface area contributed by atoms with E-state index in [1.54, 1.807) is 24.1 Å². The summed E-state index contributed by atoms with van der Waals surface area (Å²) in [6.07, 6.45) is 3.35. The van der Waals surface area contributed by atoms with E-state index in [4.69, 9.17) is 9.26 Å². The van der Waals surface area contributed by atoms with Crippen molar-refractivity contribution in [3.8, 4) is 11.4 Å². The zero-order valence-electron chi connectivity index (χ0n) is 12.0. The second-order valence-electron chi connectivity index (χ2n) is 4.75. The Labute approximate surface area is 127 Å². The van der Waals surface area contributed by atoms with E-state index in [2.05, 4.69) is 20.0 Å². The second-order valence-corrected chi connectivity index (χ2v) is 6.51. The van der Waals surface area contributed by atoms with Crippen molar-refractivity contribution in [3.63, 3.8) is 0 Å². The first-order chi connectivity index (χ1) is 10.5. The van der Waals surface area contributed by atoms with E-state index in [9.17, 15) is 8.42 Å². The molecule has 3 rings (SSSR count). The number of nitrogens with one attached hydrogen (secondary N) is 1. The minimum Gasteiger partial charge on any atom is -0.379 e. The molecule has 1 aliphatic heterocycles. The van der Waals surface area contributed by atoms with E-state index in [-0.39, 0.29) is 12.4 Å². The van der Waals surface area contributed by atoms with Crippen LogP contribution in [0.15, 0.2) is 16.9 Å². The molecule has 1 N–H and O–H groups in total. The number of aryl methyl sites for hydroxylation is 1. The van der Waals surface area contributed by atoms with Gasteiger partial charge in [0.2, 0.25) is 11.7 Å². The van der Waals surface area contributed by atoms with Gasteiger partial charge < -0.3 is 9.26 Å². The lowest BCUT2D eigenvalue weighted by Gasteiger charge is -2.25. The van der Waals surface area contributed by atoms with Crippen LogP contribution >= 0.6 is 0 Å². The van der Waals surface area contributed by atoms with Crippen LogP contribution in [0.25, 0.3) is 11.4 Å². The van der Waals surface area contributed by atoms with Gasteiger partial charge in [0.15, 0.2) is 0 Å². The van der Waals surface area contributed by atoms with Gasteiger partial charge in [-0.05, 0) is 0 Å². The number of aromatic nitrogens is 4. The summed E-state index contributed by atoms with van der Waals surface area (Å²) in [5.41, 5.74) is 0.702. The number of morpholine rings is 1. The van der Waals surface area contributed by atoms with Crippen molar-refractivity contribution in [1.29, 1.82) is 0 Å². The van der Waals surface area contributed by atoms with Gasteiger partial charge >= 0.3 is 0 Å². The maximum Gasteiger partial charge on any atom is 0.280 e. The van der Waals surface area contributed by atoms with Gasteiger partial charge in [0.25, 0.3) is 10.2 Å². The van der Waals surface area contributed by atoms with Crippen molar-refractivity contribution in [1.82, 2.24) is 28.9 Å². The van der Waals surface area contributed by atoms with Crippen molar-refractivity contribution >= 4 is 10.2 Å². The zero-order chi connectivity index (χ0) is 15.6. The summed E-state index contributed by atoms with van der Waals surface area (Å²) in [6, 6.07) is 0. The SMILES string of the molecule is Cn1cc(-c2noc(CNS(=O)(=O)N3CCOCC3)n2)cn1. The molecule has 0 bridgehead atoms. The van der Waals surface area contributed by atoms with Gasteiger partial charge in [-0.2, -0.15) is 27.5 Å². The highest BCUT2D eigenvalue weighted by molar-refractivity contribution is 7.87. The molecule has 0 saturated carbocycles. The molecule has 0 aliphatic carbocycles. The molecule has 11 heteroatoms. The third-order valence-corrected chi connectivity index (χ3v) is 4.70. The van der Waals surface area contributed by atoms with Crippen molar-refractivity contribution in [2.24, 2.45) is 7.05 Å². The van der Waals surface area contributed by atoms with Crippen molar-refractivity contribution in [3.05, 3.63) is 18.3 Å². The molecule has 0 atom stereocenters. The Bertz CT molecular complexity index is 733. The van der Waals surface area contributed by atoms with Crippen LogP contribution in [0.2, 0.25) is 0 Å². The highest BCUT2D eigenvalue weighted by atomic mass is 32.2. The van der Waals surface area contributed by atoms with Gasteiger partial charge in [-0.1, -0.05) is 5.16 Å². The predicted molar refractivity (Wildman–Crippen MR) is 74.7 cm³/mol. The highest BCUT2D eigenvalue weighted by Crippen LogP contribution is 2.14. The molecule has 1 fully saturated rings. The molecule has 0 spiro atoms. The molecule has 0 amide bonds. The Kier molecular flexibility index (Phi) is 4.20. The number of nitrogens with zero attached hydrogens (tertiary/aromatic N) is 5. The van der Waals surface area contributed by atoms with Gasteiger partial charge in [-0.3, -0.25) is 4.68 Å². The Morgan fingerprint density at radius 1 is 1.36 bits per heavy atom. The fourth-order valence-corrected chi connectivity index (χ4v) is 3.13. The molecule has 1 saturated heterocycles. The maximum absolute atomic E-state index is 12.1. The number of hydrogen-bond donors (Lipinski definition) is 1. The summed E-state index contributed by atoms with van der Waals surface area (Å²) in [6.45, 7) is 1.40. The van der Waals surface area contributed by atoms with E-state index in [0.29, 0.717) is 37.7 Å². The van der Waals surface area contributed by atoms with Gasteiger partial charge in [-0.15, -0.1) is 0 Å². The van der Waals surface area contributed by atoms with Crippen molar-refractivity contribution < 1.29 is 17.7 Å². The van der Waals surface area contributed by atoms with Gasteiger partial charge in [-0.25, -0.2) is 0 Å². The van der Waals surface area contributed by atoms with E-state index in [0.717, 1.165) is 0 Å². The molecular formula is C11H16N6O4S. The van der Waals surface area contributed by atoms with Crippen LogP contribution in [0.3, 0.4) is 0 Å². The van der Waals surface area contributed by atoms with Gasteiger partial charge in [0.05, 0.1) is 31.5 Å². The van der Waals surface area contributed by atoms with E-state index < -0.39 is 10.2 Å². The minimum absolute atomic E-state index is 0.0625. The molecule has 2 aromatic rings. The van der Waals surface area contributed by atoms with Crippen LogP contribution in [-0.2, 0) is 28.5 Å². The number of hydrogen-bond acceptors (Lipinski definition) is 7. The van der Waals surface area contributed by atoms with Gasteiger partial charge in [0, 0.05) is 26.3 Å². The first kappa shape index (κ1) is 15.1. The normalized spacial score (nSPS) is 17.0. The molecule has 0 unspecified atom stereocenters. The smallest absolute Gasteiger partial charge is 0.280 e. The Balaban J connectivity index is 1.63. The molecular weight excluding hydrogens is 312 g/mol. The average Bonchev–Trinajstić information content (AvgIpc) is 3.15. The topological polar surface area (TPSA) is 115 Å². The van der Waals surface area contributed by atoms with Crippen LogP contribution in [0.1, 0.15) is 5.89 Å². The highest BCUT2D eigenvalue weighted by Gasteiger charge is 2.24. The fourth-order valence-electron chi connectivity index (χ4n) is 2.01. The molecule has 120 valence electrons. The summed E-state index contributed by atoms with van der Waals surface area (Å²) in [4.78, 5) is 4.14. The third kappa shape index (κ3) is 3.32. The Morgan fingerprint density at radius 2 is 2.14 bits per heavy atom. The Morgan fingerprint density at radius 3 is 2.82 bits per heavy atom. The summed E-state index contributed by atoms with van der Waals surface area (Å²) in [5.74, 6) is 0.560. The monoisotopic (exact) mass is 328 g/mol. The average molecular weight is 328 g/mol. The zero-order valence-corrected chi connectivity index (χ0v) is 12.8. The van der Waals surface area contributed by atoms with Crippen LogP contribution in [0.5, 0.6) is 0 Å². The van der Waals surface area contributed by atoms with E-state index in [1.165, 1.54) is 4.31 Å². The predicted octanol–water partition coefficient (Wildman–Crippen LogP) is -0.863. The van der Waals surface area contributed by atoms with Crippen LogP contribution < -0.4 is 4.72 Å². The summed E-state index contributed by atoms with van der Waals surface area (Å²) >= 11 is 0. The first-order valence-corrected chi connectivity index (χ1v) is 8.13. The molecule has 0 radical (unpaired) electrons. The summed E-state index contributed by atoms with van der Waals surface area (Å²) in [7, 11) is -1.79. The van der Waals surface area contributed by atoms with Crippen LogP contribution in [0, 0.1) is 0 Å². The lowest BCUT2D eigenvalue weighted by atomic mass is 10.3. The third-order valence-electron chi connectivity index (χ3n) is 3.15. The van der Waals surface area contributed by atoms with Gasteiger partial charge in [0.1, 0.15) is 0 Å². The maximum atomic E-state index is 12.1. The summed E-state index contributed by atoms with van der Waals surface area (Å²) < 4.78 is 39.7. The van der Waals surface area contributed by atoms with E-state index in [1.807, 2.05) is 0 Å². The number of ether oxygens (including phenoxy) is 1. The number of rotatable bonds is 5. The lowest BCUT2D eigenvalue weighted by Crippen LogP contribution is -2.46. The summed E-state index contributed by atoms with van der Waals surface area (Å²) in [5, 5.41) is 7.82. The first-order valence-electron chi connectivity index (χ1n) is 6.69.